The van der Waals surface area contributed by atoms with Crippen molar-refractivity contribution in [2.75, 3.05) is 42.9 Å². The van der Waals surface area contributed by atoms with E-state index in [1.165, 1.54) is 5.69 Å². The van der Waals surface area contributed by atoms with Crippen molar-refractivity contribution in [1.82, 2.24) is 19.3 Å². The fourth-order valence-corrected chi connectivity index (χ4v) is 4.81. The topological polar surface area (TPSA) is 72.5 Å². The third-order valence-electron chi connectivity index (χ3n) is 6.83. The molecule has 0 aliphatic carbocycles. The molecule has 0 unspecified atom stereocenters. The molecule has 168 valence electrons. The van der Waals surface area contributed by atoms with E-state index in [0.717, 1.165) is 60.6 Å². The number of nitriles is 1. The molecule has 1 N–H and O–H groups in total. The quantitative estimate of drug-likeness (QED) is 0.498. The molecule has 7 nitrogen and oxygen atoms in total. The van der Waals surface area contributed by atoms with Crippen molar-refractivity contribution in [1.29, 1.82) is 5.26 Å². The standard InChI is InChI=1S/C26H29N7/c1-4-31-12-14-32(15-13-31)21-8-9-24-23(16-21)25(30-26-28-10-11-33(24)26)29-19(3)22-7-5-6-20(17-27)18(22)2/h5-11,16,19H,4,12-15H2,1-3H3,(H,28,29,30)/t19-/m1/s1. The van der Waals surface area contributed by atoms with Gasteiger partial charge in [-0.05, 0) is 55.8 Å². The zero-order valence-electron chi connectivity index (χ0n) is 19.4. The number of likely N-dealkylation sites (N-methyl/N-ethyl adjacent to an activating group) is 1. The van der Waals surface area contributed by atoms with Crippen molar-refractivity contribution in [3.05, 3.63) is 65.5 Å². The van der Waals surface area contributed by atoms with E-state index in [1.807, 2.05) is 29.7 Å². The number of nitrogens with one attached hydrogen (secondary N) is 1. The maximum absolute atomic E-state index is 9.44. The normalized spacial score (nSPS) is 15.6. The Morgan fingerprint density at radius 3 is 2.73 bits per heavy atom. The number of anilines is 2. The van der Waals surface area contributed by atoms with Gasteiger partial charge in [-0.15, -0.1) is 0 Å². The van der Waals surface area contributed by atoms with Crippen LogP contribution in [0.1, 0.15) is 36.6 Å². The number of fused-ring (bicyclic) bond motifs is 3. The molecule has 0 saturated carbocycles. The fourth-order valence-electron chi connectivity index (χ4n) is 4.81. The van der Waals surface area contributed by atoms with Crippen LogP contribution in [0.25, 0.3) is 16.7 Å². The molecule has 1 saturated heterocycles. The average molecular weight is 440 g/mol. The van der Waals surface area contributed by atoms with Gasteiger partial charge >= 0.3 is 0 Å². The molecule has 1 aliphatic rings. The van der Waals surface area contributed by atoms with Crippen LogP contribution >= 0.6 is 0 Å². The number of piperazine rings is 1. The second kappa shape index (κ2) is 8.72. The summed E-state index contributed by atoms with van der Waals surface area (Å²) in [6.07, 6.45) is 3.74. The Morgan fingerprint density at radius 1 is 1.15 bits per heavy atom. The summed E-state index contributed by atoms with van der Waals surface area (Å²) in [6, 6.07) is 14.8. The van der Waals surface area contributed by atoms with Crippen molar-refractivity contribution in [2.45, 2.75) is 26.8 Å². The summed E-state index contributed by atoms with van der Waals surface area (Å²) in [7, 11) is 0. The van der Waals surface area contributed by atoms with Crippen LogP contribution in [0.15, 0.2) is 48.8 Å². The lowest BCUT2D eigenvalue weighted by Gasteiger charge is -2.35. The number of rotatable bonds is 5. The summed E-state index contributed by atoms with van der Waals surface area (Å²) in [4.78, 5) is 14.2. The molecular weight excluding hydrogens is 410 g/mol. The van der Waals surface area contributed by atoms with Crippen LogP contribution in [0.4, 0.5) is 11.5 Å². The number of imidazole rings is 1. The van der Waals surface area contributed by atoms with Gasteiger partial charge < -0.3 is 15.1 Å². The highest BCUT2D eigenvalue weighted by Crippen LogP contribution is 2.31. The summed E-state index contributed by atoms with van der Waals surface area (Å²) < 4.78 is 2.03. The van der Waals surface area contributed by atoms with Gasteiger partial charge in [0, 0.05) is 49.6 Å². The van der Waals surface area contributed by atoms with Crippen LogP contribution < -0.4 is 10.2 Å². The zero-order chi connectivity index (χ0) is 22.9. The molecule has 4 aromatic rings. The van der Waals surface area contributed by atoms with Crippen LogP contribution in [0, 0.1) is 18.3 Å². The summed E-state index contributed by atoms with van der Waals surface area (Å²) in [5, 5.41) is 14.1. The molecular formula is C26H29N7. The zero-order valence-corrected chi connectivity index (χ0v) is 19.4. The lowest BCUT2D eigenvalue weighted by atomic mass is 9.98. The van der Waals surface area contributed by atoms with Crippen molar-refractivity contribution in [2.24, 2.45) is 0 Å². The average Bonchev–Trinajstić information content (AvgIpc) is 3.32. The molecule has 3 heterocycles. The fraction of sp³-hybridized carbons (Fsp3) is 0.346. The molecule has 0 bridgehead atoms. The van der Waals surface area contributed by atoms with Gasteiger partial charge in [-0.25, -0.2) is 4.98 Å². The Morgan fingerprint density at radius 2 is 1.97 bits per heavy atom. The van der Waals surface area contributed by atoms with E-state index in [2.05, 4.69) is 64.3 Å². The van der Waals surface area contributed by atoms with Crippen LogP contribution in [-0.4, -0.2) is 52.0 Å². The van der Waals surface area contributed by atoms with Gasteiger partial charge in [0.1, 0.15) is 5.82 Å². The first-order valence-corrected chi connectivity index (χ1v) is 11.6. The van der Waals surface area contributed by atoms with Crippen molar-refractivity contribution >= 4 is 28.2 Å². The highest BCUT2D eigenvalue weighted by Gasteiger charge is 2.19. The van der Waals surface area contributed by atoms with E-state index in [1.54, 1.807) is 6.20 Å². The predicted molar refractivity (Wildman–Crippen MR) is 133 cm³/mol. The van der Waals surface area contributed by atoms with E-state index < -0.39 is 0 Å². The minimum atomic E-state index is -0.0110. The summed E-state index contributed by atoms with van der Waals surface area (Å²) in [6.45, 7) is 11.7. The third-order valence-corrected chi connectivity index (χ3v) is 6.83. The Kier molecular flexibility index (Phi) is 5.61. The minimum absolute atomic E-state index is 0.0110. The number of benzene rings is 2. The number of nitrogens with zero attached hydrogens (tertiary/aromatic N) is 6. The second-order valence-corrected chi connectivity index (χ2v) is 8.68. The Hall–Kier alpha value is -3.63. The Bertz CT molecular complexity index is 1340. The van der Waals surface area contributed by atoms with Gasteiger partial charge in [-0.2, -0.15) is 10.2 Å². The van der Waals surface area contributed by atoms with Crippen molar-refractivity contribution in [3.63, 3.8) is 0 Å². The molecule has 1 aliphatic heterocycles. The Balaban J connectivity index is 1.55. The van der Waals surface area contributed by atoms with Gasteiger partial charge in [0.15, 0.2) is 0 Å². The Labute approximate surface area is 194 Å². The minimum Gasteiger partial charge on any atom is -0.369 e. The largest absolute Gasteiger partial charge is 0.369 e. The number of aromatic nitrogens is 3. The molecule has 1 fully saturated rings. The molecule has 0 amide bonds. The van der Waals surface area contributed by atoms with E-state index >= 15 is 0 Å². The van der Waals surface area contributed by atoms with E-state index in [-0.39, 0.29) is 6.04 Å². The molecule has 7 heteroatoms. The van der Waals surface area contributed by atoms with Crippen molar-refractivity contribution < 1.29 is 0 Å². The number of hydrogen-bond donors (Lipinski definition) is 1. The monoisotopic (exact) mass is 439 g/mol. The lowest BCUT2D eigenvalue weighted by Crippen LogP contribution is -2.46. The first kappa shape index (κ1) is 21.2. The highest BCUT2D eigenvalue weighted by molar-refractivity contribution is 5.93. The summed E-state index contributed by atoms with van der Waals surface area (Å²) >= 11 is 0. The second-order valence-electron chi connectivity index (χ2n) is 8.68. The number of hydrogen-bond acceptors (Lipinski definition) is 6. The molecule has 5 rings (SSSR count). The third kappa shape index (κ3) is 3.87. The smallest absolute Gasteiger partial charge is 0.236 e. The van der Waals surface area contributed by atoms with E-state index in [0.29, 0.717) is 11.3 Å². The van der Waals surface area contributed by atoms with Gasteiger partial charge in [0.2, 0.25) is 5.78 Å². The molecule has 0 spiro atoms. The maximum Gasteiger partial charge on any atom is 0.236 e. The summed E-state index contributed by atoms with van der Waals surface area (Å²) in [5.41, 5.74) is 5.10. The molecule has 1 atom stereocenters. The van der Waals surface area contributed by atoms with Crippen LogP contribution in [0.2, 0.25) is 0 Å². The van der Waals surface area contributed by atoms with Gasteiger partial charge in [-0.1, -0.05) is 19.1 Å². The van der Waals surface area contributed by atoms with Crippen molar-refractivity contribution in [3.8, 4) is 6.07 Å². The van der Waals surface area contributed by atoms with E-state index in [4.69, 9.17) is 4.98 Å². The van der Waals surface area contributed by atoms with Crippen LogP contribution in [0.5, 0.6) is 0 Å². The van der Waals surface area contributed by atoms with Crippen LogP contribution in [0.3, 0.4) is 0 Å². The first-order valence-electron chi connectivity index (χ1n) is 11.6. The highest BCUT2D eigenvalue weighted by atomic mass is 15.3. The van der Waals surface area contributed by atoms with E-state index in [9.17, 15) is 5.26 Å². The summed E-state index contributed by atoms with van der Waals surface area (Å²) in [5.74, 6) is 1.48. The van der Waals surface area contributed by atoms with Gasteiger partial charge in [-0.3, -0.25) is 4.40 Å². The van der Waals surface area contributed by atoms with Crippen LogP contribution in [-0.2, 0) is 0 Å². The molecule has 2 aromatic carbocycles. The SMILES string of the molecule is CCN1CCN(c2ccc3c(c2)c(N[C@H](C)c2cccc(C#N)c2C)nc2nccn23)CC1. The first-order chi connectivity index (χ1) is 16.1. The van der Waals surface area contributed by atoms with Gasteiger partial charge in [0.25, 0.3) is 0 Å². The molecule has 33 heavy (non-hydrogen) atoms. The lowest BCUT2D eigenvalue weighted by molar-refractivity contribution is 0.271. The van der Waals surface area contributed by atoms with Gasteiger partial charge in [0.05, 0.1) is 23.2 Å². The molecule has 0 radical (unpaired) electrons. The maximum atomic E-state index is 9.44. The predicted octanol–water partition coefficient (Wildman–Crippen LogP) is 4.38. The molecule has 2 aromatic heterocycles.